The van der Waals surface area contributed by atoms with Crippen molar-refractivity contribution in [1.29, 1.82) is 0 Å². The van der Waals surface area contributed by atoms with Gasteiger partial charge < -0.3 is 9.47 Å². The van der Waals surface area contributed by atoms with Crippen LogP contribution in [0.4, 0.5) is 4.79 Å². The fourth-order valence-corrected chi connectivity index (χ4v) is 5.97. The Morgan fingerprint density at radius 3 is 1.02 bits per heavy atom. The van der Waals surface area contributed by atoms with E-state index in [1.54, 1.807) is 0 Å². The van der Waals surface area contributed by atoms with Gasteiger partial charge in [0.25, 0.3) is 0 Å². The smallest absolute Gasteiger partial charge is 0.423 e. The van der Waals surface area contributed by atoms with Gasteiger partial charge >= 0.3 is 6.16 Å². The summed E-state index contributed by atoms with van der Waals surface area (Å²) in [7, 11) is 0. The first-order valence-corrected chi connectivity index (χ1v) is 20.7. The van der Waals surface area contributed by atoms with Crippen molar-refractivity contribution >= 4 is 17.7 Å². The molecule has 0 radical (unpaired) electrons. The molecule has 280 valence electrons. The van der Waals surface area contributed by atoms with E-state index < -0.39 is 18.4 Å². The van der Waals surface area contributed by atoms with E-state index in [1.165, 1.54) is 89.9 Å². The number of ether oxygens (including phenoxy) is 2. The highest BCUT2D eigenvalue weighted by atomic mass is 16.7. The second-order valence-corrected chi connectivity index (χ2v) is 13.9. The molecular formula is C43H78O5. The first-order chi connectivity index (χ1) is 23.5. The van der Waals surface area contributed by atoms with Gasteiger partial charge in [-0.1, -0.05) is 142 Å². The summed E-state index contributed by atoms with van der Waals surface area (Å²) in [5.41, 5.74) is 0. The van der Waals surface area contributed by atoms with Gasteiger partial charge in [-0.05, 0) is 89.9 Å². The second-order valence-electron chi connectivity index (χ2n) is 13.9. The van der Waals surface area contributed by atoms with E-state index in [0.29, 0.717) is 25.7 Å². The molecule has 5 nitrogen and oxygen atoms in total. The zero-order valence-corrected chi connectivity index (χ0v) is 32.2. The third-order valence-corrected chi connectivity index (χ3v) is 9.20. The summed E-state index contributed by atoms with van der Waals surface area (Å²) < 4.78 is 11.2. The molecule has 0 heterocycles. The Morgan fingerprint density at radius 2 is 0.688 bits per heavy atom. The number of carbonyl (C=O) groups is 3. The van der Waals surface area contributed by atoms with Crippen LogP contribution in [-0.4, -0.2) is 29.9 Å². The summed E-state index contributed by atoms with van der Waals surface area (Å²) in [6.45, 7) is 8.62. The van der Waals surface area contributed by atoms with Crippen LogP contribution in [0.1, 0.15) is 220 Å². The van der Waals surface area contributed by atoms with Crippen LogP contribution in [0.15, 0.2) is 24.3 Å². The van der Waals surface area contributed by atoms with Crippen LogP contribution < -0.4 is 0 Å². The van der Waals surface area contributed by atoms with Crippen LogP contribution in [0.2, 0.25) is 0 Å². The van der Waals surface area contributed by atoms with Crippen LogP contribution in [0.5, 0.6) is 0 Å². The summed E-state index contributed by atoms with van der Waals surface area (Å²) in [5.74, 6) is -0.0457. The van der Waals surface area contributed by atoms with Gasteiger partial charge in [0.15, 0.2) is 23.8 Å². The van der Waals surface area contributed by atoms with Gasteiger partial charge in [-0.2, -0.15) is 0 Å². The molecule has 0 saturated heterocycles. The molecule has 0 saturated carbocycles. The van der Waals surface area contributed by atoms with Gasteiger partial charge in [0, 0.05) is 12.8 Å². The van der Waals surface area contributed by atoms with E-state index in [0.717, 1.165) is 77.0 Å². The zero-order valence-electron chi connectivity index (χ0n) is 32.2. The molecule has 0 aliphatic carbocycles. The van der Waals surface area contributed by atoms with Gasteiger partial charge in [0.2, 0.25) is 0 Å². The van der Waals surface area contributed by atoms with Crippen LogP contribution in [0.3, 0.4) is 0 Å². The zero-order chi connectivity index (χ0) is 35.3. The van der Waals surface area contributed by atoms with E-state index in [-0.39, 0.29) is 11.6 Å². The lowest BCUT2D eigenvalue weighted by atomic mass is 10.0. The molecule has 0 bridgehead atoms. The molecule has 0 aliphatic heterocycles. The van der Waals surface area contributed by atoms with Gasteiger partial charge in [-0.25, -0.2) is 4.79 Å². The molecule has 48 heavy (non-hydrogen) atoms. The maximum atomic E-state index is 13.0. The van der Waals surface area contributed by atoms with E-state index in [2.05, 4.69) is 52.0 Å². The van der Waals surface area contributed by atoms with Crippen LogP contribution in [0, 0.1) is 0 Å². The SMILES string of the molecule is CCCCCC/C=C\CCCCCCCC(=O)C(CCCC)OC(=O)OC(CCCC)C(=O)CCCCCCC/C=C\CCCCCC. The molecule has 2 atom stereocenters. The Morgan fingerprint density at radius 1 is 0.396 bits per heavy atom. The average molecular weight is 675 g/mol. The number of allylic oxidation sites excluding steroid dienone is 4. The Labute approximate surface area is 297 Å². The molecule has 0 aromatic carbocycles. The number of rotatable bonds is 36. The van der Waals surface area contributed by atoms with Gasteiger partial charge in [-0.3, -0.25) is 9.59 Å². The molecule has 0 aliphatic rings. The minimum absolute atomic E-state index is 0.0229. The standard InChI is InChI=1S/C43H78O5/c1-5-9-13-15-17-19-21-23-25-27-29-31-33-35-39(44)41(37-11-7-3)47-43(46)48-42(38-12-8-4)40(45)36-34-32-30-28-26-24-22-20-18-16-14-10-6-2/h19-22,41-42H,5-18,23-38H2,1-4H3/b21-19-,22-20-. The molecular weight excluding hydrogens is 596 g/mol. The molecule has 2 unspecified atom stereocenters. The van der Waals surface area contributed by atoms with Crippen molar-refractivity contribution in [2.75, 3.05) is 0 Å². The maximum absolute atomic E-state index is 13.0. The first kappa shape index (κ1) is 46.1. The Bertz CT molecular complexity index is 737. The fraction of sp³-hybridized carbons (Fsp3) is 0.837. The minimum Gasteiger partial charge on any atom is -0.423 e. The number of Topliss-reactive ketones (excluding diaryl/α,β-unsaturated/α-hetero) is 2. The normalized spacial score (nSPS) is 12.9. The predicted octanol–water partition coefficient (Wildman–Crippen LogP) is 13.9. The van der Waals surface area contributed by atoms with Gasteiger partial charge in [0.05, 0.1) is 0 Å². The van der Waals surface area contributed by atoms with Crippen molar-refractivity contribution in [2.45, 2.75) is 233 Å². The third-order valence-electron chi connectivity index (χ3n) is 9.20. The van der Waals surface area contributed by atoms with Crippen LogP contribution in [0.25, 0.3) is 0 Å². The van der Waals surface area contributed by atoms with Crippen molar-refractivity contribution in [3.05, 3.63) is 24.3 Å². The highest BCUT2D eigenvalue weighted by molar-refractivity contribution is 5.86. The average Bonchev–Trinajstić information content (AvgIpc) is 3.08. The molecule has 0 aromatic heterocycles. The molecule has 5 heteroatoms. The number of unbranched alkanes of at least 4 members (excludes halogenated alkanes) is 20. The van der Waals surface area contributed by atoms with Gasteiger partial charge in [-0.15, -0.1) is 0 Å². The number of carbonyl (C=O) groups excluding carboxylic acids is 3. The topological polar surface area (TPSA) is 69.7 Å². The quantitative estimate of drug-likeness (QED) is 0.0376. The van der Waals surface area contributed by atoms with Gasteiger partial charge in [0.1, 0.15) is 0 Å². The van der Waals surface area contributed by atoms with Crippen molar-refractivity contribution in [1.82, 2.24) is 0 Å². The third kappa shape index (κ3) is 30.2. The highest BCUT2D eigenvalue weighted by Gasteiger charge is 2.27. The summed E-state index contributed by atoms with van der Waals surface area (Å²) in [6, 6.07) is 0. The largest absolute Gasteiger partial charge is 0.509 e. The molecule has 0 amide bonds. The summed E-state index contributed by atoms with van der Waals surface area (Å²) in [5, 5.41) is 0. The van der Waals surface area contributed by atoms with E-state index >= 15 is 0 Å². The molecule has 0 aromatic rings. The summed E-state index contributed by atoms with van der Waals surface area (Å²) >= 11 is 0. The number of hydrogen-bond donors (Lipinski definition) is 0. The molecule has 0 N–H and O–H groups in total. The summed E-state index contributed by atoms with van der Waals surface area (Å²) in [6.07, 6.45) is 38.1. The Hall–Kier alpha value is -1.91. The van der Waals surface area contributed by atoms with Crippen LogP contribution >= 0.6 is 0 Å². The lowest BCUT2D eigenvalue weighted by molar-refractivity contribution is -0.133. The van der Waals surface area contributed by atoms with Crippen molar-refractivity contribution < 1.29 is 23.9 Å². The lowest BCUT2D eigenvalue weighted by Crippen LogP contribution is -2.32. The van der Waals surface area contributed by atoms with E-state index in [9.17, 15) is 14.4 Å². The molecule has 0 fully saturated rings. The molecule has 0 rings (SSSR count). The molecule has 0 spiro atoms. The number of ketones is 2. The van der Waals surface area contributed by atoms with Crippen molar-refractivity contribution in [3.8, 4) is 0 Å². The summed E-state index contributed by atoms with van der Waals surface area (Å²) in [4.78, 5) is 38.8. The van der Waals surface area contributed by atoms with Crippen LogP contribution in [-0.2, 0) is 19.1 Å². The lowest BCUT2D eigenvalue weighted by Gasteiger charge is -2.20. The highest BCUT2D eigenvalue weighted by Crippen LogP contribution is 2.17. The number of hydrogen-bond acceptors (Lipinski definition) is 5. The Kier molecular flexibility index (Phi) is 34.9. The van der Waals surface area contributed by atoms with Crippen molar-refractivity contribution in [3.63, 3.8) is 0 Å². The monoisotopic (exact) mass is 675 g/mol. The minimum atomic E-state index is -0.865. The maximum Gasteiger partial charge on any atom is 0.509 e. The fourth-order valence-electron chi connectivity index (χ4n) is 5.97. The predicted molar refractivity (Wildman–Crippen MR) is 205 cm³/mol. The second kappa shape index (κ2) is 36.4. The Balaban J connectivity index is 4.39. The van der Waals surface area contributed by atoms with Crippen molar-refractivity contribution in [2.24, 2.45) is 0 Å². The van der Waals surface area contributed by atoms with E-state index in [1.807, 2.05) is 0 Å². The first-order valence-electron chi connectivity index (χ1n) is 20.7. The van der Waals surface area contributed by atoms with E-state index in [4.69, 9.17) is 9.47 Å².